The Kier molecular flexibility index (Phi) is 4.05. The van der Waals surface area contributed by atoms with Crippen LogP contribution in [-0.2, 0) is 6.54 Å². The number of para-hydroxylation sites is 1. The zero-order valence-electron chi connectivity index (χ0n) is 15.2. The summed E-state index contributed by atoms with van der Waals surface area (Å²) >= 11 is 0. The highest BCUT2D eigenvalue weighted by Gasteiger charge is 2.32. The molecule has 5 rings (SSSR count). The molecule has 0 amide bonds. The Hall–Kier alpha value is -3.26. The summed E-state index contributed by atoms with van der Waals surface area (Å²) in [6.07, 6.45) is 5.25. The maximum atomic E-state index is 13.1. The maximum absolute atomic E-state index is 13.1. The quantitative estimate of drug-likeness (QED) is 0.565. The normalized spacial score (nSPS) is 17.0. The van der Waals surface area contributed by atoms with Crippen LogP contribution in [-0.4, -0.2) is 42.8 Å². The third-order valence-electron chi connectivity index (χ3n) is 5.37. The molecule has 1 aliphatic heterocycles. The van der Waals surface area contributed by atoms with E-state index in [4.69, 9.17) is 4.98 Å². The SMILES string of the molecule is O=c1c2ccccc2nc(C2CCCN2c2ncnc3[nH]ccc23)n1CCO. The van der Waals surface area contributed by atoms with E-state index in [1.165, 1.54) is 0 Å². The number of fused-ring (bicyclic) bond motifs is 2. The Morgan fingerprint density at radius 2 is 2.07 bits per heavy atom. The molecule has 142 valence electrons. The van der Waals surface area contributed by atoms with Gasteiger partial charge in [-0.1, -0.05) is 12.1 Å². The van der Waals surface area contributed by atoms with Crippen molar-refractivity contribution in [3.63, 3.8) is 0 Å². The molecule has 1 fully saturated rings. The van der Waals surface area contributed by atoms with E-state index in [0.717, 1.165) is 36.2 Å². The summed E-state index contributed by atoms with van der Waals surface area (Å²) in [5.41, 5.74) is 1.35. The largest absolute Gasteiger partial charge is 0.395 e. The van der Waals surface area contributed by atoms with Gasteiger partial charge in [-0.2, -0.15) is 0 Å². The van der Waals surface area contributed by atoms with Crippen LogP contribution in [0.4, 0.5) is 5.82 Å². The van der Waals surface area contributed by atoms with E-state index in [1.54, 1.807) is 17.0 Å². The van der Waals surface area contributed by atoms with Crippen LogP contribution >= 0.6 is 0 Å². The summed E-state index contributed by atoms with van der Waals surface area (Å²) in [5, 5.41) is 11.1. The molecule has 4 heterocycles. The number of benzene rings is 1. The molecule has 0 radical (unpaired) electrons. The average molecular weight is 376 g/mol. The third-order valence-corrected chi connectivity index (χ3v) is 5.37. The van der Waals surface area contributed by atoms with Crippen molar-refractivity contribution >= 4 is 27.8 Å². The van der Waals surface area contributed by atoms with Gasteiger partial charge in [-0.3, -0.25) is 9.36 Å². The van der Waals surface area contributed by atoms with Crippen LogP contribution in [0, 0.1) is 0 Å². The van der Waals surface area contributed by atoms with Gasteiger partial charge in [0, 0.05) is 12.7 Å². The fourth-order valence-electron chi connectivity index (χ4n) is 4.13. The molecule has 3 aromatic heterocycles. The van der Waals surface area contributed by atoms with Crippen LogP contribution in [0.3, 0.4) is 0 Å². The summed E-state index contributed by atoms with van der Waals surface area (Å²) < 4.78 is 1.61. The van der Waals surface area contributed by atoms with Gasteiger partial charge >= 0.3 is 0 Å². The van der Waals surface area contributed by atoms with Crippen LogP contribution in [0.5, 0.6) is 0 Å². The zero-order chi connectivity index (χ0) is 19.1. The number of hydrogen-bond donors (Lipinski definition) is 2. The molecule has 1 unspecified atom stereocenters. The van der Waals surface area contributed by atoms with Crippen molar-refractivity contribution in [3.8, 4) is 0 Å². The number of nitrogens with zero attached hydrogens (tertiary/aromatic N) is 5. The van der Waals surface area contributed by atoms with E-state index < -0.39 is 0 Å². The van der Waals surface area contributed by atoms with Crippen LogP contribution < -0.4 is 10.5 Å². The molecular weight excluding hydrogens is 356 g/mol. The van der Waals surface area contributed by atoms with Crippen molar-refractivity contribution < 1.29 is 5.11 Å². The second kappa shape index (κ2) is 6.72. The van der Waals surface area contributed by atoms with Crippen molar-refractivity contribution in [1.82, 2.24) is 24.5 Å². The van der Waals surface area contributed by atoms with Gasteiger partial charge < -0.3 is 15.0 Å². The fourth-order valence-corrected chi connectivity index (χ4v) is 4.13. The van der Waals surface area contributed by atoms with Crippen molar-refractivity contribution in [1.29, 1.82) is 0 Å². The molecule has 1 aromatic carbocycles. The highest BCUT2D eigenvalue weighted by molar-refractivity contribution is 5.87. The van der Waals surface area contributed by atoms with Gasteiger partial charge in [-0.25, -0.2) is 15.0 Å². The molecule has 2 N–H and O–H groups in total. The number of aliphatic hydroxyl groups excluding tert-OH is 1. The lowest BCUT2D eigenvalue weighted by molar-refractivity contribution is 0.270. The molecule has 0 aliphatic carbocycles. The first-order valence-electron chi connectivity index (χ1n) is 9.43. The zero-order valence-corrected chi connectivity index (χ0v) is 15.2. The van der Waals surface area contributed by atoms with Crippen LogP contribution in [0.1, 0.15) is 24.7 Å². The van der Waals surface area contributed by atoms with Gasteiger partial charge in [0.25, 0.3) is 5.56 Å². The highest BCUT2D eigenvalue weighted by Crippen LogP contribution is 2.37. The first-order valence-corrected chi connectivity index (χ1v) is 9.43. The number of aliphatic hydroxyl groups is 1. The van der Waals surface area contributed by atoms with Gasteiger partial charge in [0.15, 0.2) is 0 Å². The average Bonchev–Trinajstić information content (AvgIpc) is 3.39. The topological polar surface area (TPSA) is 99.9 Å². The first-order chi connectivity index (χ1) is 13.8. The number of hydrogen-bond acceptors (Lipinski definition) is 6. The molecule has 0 saturated carbocycles. The minimum atomic E-state index is -0.116. The van der Waals surface area contributed by atoms with Crippen LogP contribution in [0.2, 0.25) is 0 Å². The van der Waals surface area contributed by atoms with E-state index in [2.05, 4.69) is 19.9 Å². The number of aromatic amines is 1. The Morgan fingerprint density at radius 3 is 2.96 bits per heavy atom. The van der Waals surface area contributed by atoms with Gasteiger partial charge in [-0.15, -0.1) is 0 Å². The molecule has 0 bridgehead atoms. The second-order valence-corrected chi connectivity index (χ2v) is 6.96. The van der Waals surface area contributed by atoms with Crippen molar-refractivity contribution in [3.05, 3.63) is 59.0 Å². The molecular formula is C20H20N6O2. The first kappa shape index (κ1) is 16.9. The van der Waals surface area contributed by atoms with E-state index in [1.807, 2.05) is 30.5 Å². The molecule has 1 atom stereocenters. The van der Waals surface area contributed by atoms with Crippen molar-refractivity contribution in [2.24, 2.45) is 0 Å². The Morgan fingerprint density at radius 1 is 1.18 bits per heavy atom. The Balaban J connectivity index is 1.69. The van der Waals surface area contributed by atoms with Crippen molar-refractivity contribution in [2.75, 3.05) is 18.1 Å². The Bertz CT molecular complexity index is 1210. The van der Waals surface area contributed by atoms with Gasteiger partial charge in [0.2, 0.25) is 0 Å². The second-order valence-electron chi connectivity index (χ2n) is 6.96. The van der Waals surface area contributed by atoms with Crippen LogP contribution in [0.25, 0.3) is 21.9 Å². The number of nitrogens with one attached hydrogen (secondary N) is 1. The summed E-state index contributed by atoms with van der Waals surface area (Å²) in [6, 6.07) is 9.24. The summed E-state index contributed by atoms with van der Waals surface area (Å²) in [4.78, 5) is 32.0. The molecule has 1 saturated heterocycles. The number of anilines is 1. The minimum absolute atomic E-state index is 0.0862. The molecule has 4 aromatic rings. The van der Waals surface area contributed by atoms with E-state index in [9.17, 15) is 9.90 Å². The number of aromatic nitrogens is 5. The molecule has 8 heteroatoms. The van der Waals surface area contributed by atoms with E-state index >= 15 is 0 Å². The number of rotatable bonds is 4. The summed E-state index contributed by atoms with van der Waals surface area (Å²) in [7, 11) is 0. The van der Waals surface area contributed by atoms with Crippen molar-refractivity contribution in [2.45, 2.75) is 25.4 Å². The highest BCUT2D eigenvalue weighted by atomic mass is 16.3. The lowest BCUT2D eigenvalue weighted by Crippen LogP contribution is -2.33. The van der Waals surface area contributed by atoms with Gasteiger partial charge in [0.05, 0.1) is 35.5 Å². The van der Waals surface area contributed by atoms with E-state index in [0.29, 0.717) is 16.7 Å². The molecule has 28 heavy (non-hydrogen) atoms. The monoisotopic (exact) mass is 376 g/mol. The minimum Gasteiger partial charge on any atom is -0.395 e. The fraction of sp³-hybridized carbons (Fsp3) is 0.300. The van der Waals surface area contributed by atoms with Gasteiger partial charge in [-0.05, 0) is 31.0 Å². The lowest BCUT2D eigenvalue weighted by Gasteiger charge is -2.27. The van der Waals surface area contributed by atoms with E-state index in [-0.39, 0.29) is 24.8 Å². The smallest absolute Gasteiger partial charge is 0.261 e. The summed E-state index contributed by atoms with van der Waals surface area (Å²) in [5.74, 6) is 1.52. The standard InChI is InChI=1S/C20H20N6O2/c27-11-10-26-19(24-15-5-2-1-4-13(15)20(26)28)16-6-3-9-25(16)18-14-7-8-21-17(14)22-12-23-18/h1-2,4-5,7-8,12,16,27H,3,6,9-11H2,(H,21,22,23). The predicted molar refractivity (Wildman–Crippen MR) is 106 cm³/mol. The number of H-pyrrole nitrogens is 1. The molecule has 0 spiro atoms. The van der Waals surface area contributed by atoms with Crippen LogP contribution in [0.15, 0.2) is 47.7 Å². The lowest BCUT2D eigenvalue weighted by atomic mass is 10.1. The third kappa shape index (κ3) is 2.56. The predicted octanol–water partition coefficient (Wildman–Crippen LogP) is 2.00. The summed E-state index contributed by atoms with van der Waals surface area (Å²) in [6.45, 7) is 0.929. The molecule has 1 aliphatic rings. The molecule has 8 nitrogen and oxygen atoms in total. The Labute approximate surface area is 160 Å². The maximum Gasteiger partial charge on any atom is 0.261 e. The van der Waals surface area contributed by atoms with Gasteiger partial charge in [0.1, 0.15) is 23.6 Å².